The molecule has 3 aliphatic carbocycles. The Labute approximate surface area is 276 Å². The molecule has 3 aliphatic rings. The number of hydrogen-bond acceptors (Lipinski definition) is 0. The first-order valence-corrected chi connectivity index (χ1v) is 16.6. The summed E-state index contributed by atoms with van der Waals surface area (Å²) in [6.45, 7) is 4.71. The molecule has 0 N–H and O–H groups in total. The molecule has 47 heavy (non-hydrogen) atoms. The maximum Gasteiger partial charge on any atom is 0.0159 e. The highest BCUT2D eigenvalue weighted by Crippen LogP contribution is 2.59. The van der Waals surface area contributed by atoms with Crippen molar-refractivity contribution in [2.75, 3.05) is 0 Å². The lowest BCUT2D eigenvalue weighted by atomic mass is 9.81. The molecular weight excluding hydrogens is 565 g/mol. The lowest BCUT2D eigenvalue weighted by Crippen LogP contribution is -2.14. The number of fused-ring (bicyclic) bond motifs is 9. The molecule has 0 heteroatoms. The van der Waals surface area contributed by atoms with Crippen molar-refractivity contribution in [1.82, 2.24) is 0 Å². The Morgan fingerprint density at radius 1 is 0.319 bits per heavy atom. The molecule has 0 fully saturated rings. The number of benzene rings is 7. The molecule has 7 aromatic rings. The van der Waals surface area contributed by atoms with E-state index in [9.17, 15) is 0 Å². The average molecular weight is 597 g/mol. The third-order valence-electron chi connectivity index (χ3n) is 10.8. The summed E-state index contributed by atoms with van der Waals surface area (Å²) in [6, 6.07) is 58.7. The minimum absolute atomic E-state index is 0.0116. The van der Waals surface area contributed by atoms with Gasteiger partial charge in [0.25, 0.3) is 0 Å². The summed E-state index contributed by atoms with van der Waals surface area (Å²) < 4.78 is 0. The molecule has 0 heterocycles. The van der Waals surface area contributed by atoms with Gasteiger partial charge < -0.3 is 0 Å². The van der Waals surface area contributed by atoms with Gasteiger partial charge in [-0.25, -0.2) is 0 Å². The number of allylic oxidation sites excluding steroid dienone is 2. The SMILES string of the molecule is CC1(C)c2ccccc2-c2ccc(-c3ccc(C4=C5C(=C(c6cccc7ccccc67)c6ccccc65)c5ccccc54)cc3)cc21. The molecule has 0 atom stereocenters. The maximum absolute atomic E-state index is 2.42. The van der Waals surface area contributed by atoms with E-state index < -0.39 is 0 Å². The zero-order valence-electron chi connectivity index (χ0n) is 26.5. The van der Waals surface area contributed by atoms with Gasteiger partial charge in [0.1, 0.15) is 0 Å². The van der Waals surface area contributed by atoms with Crippen LogP contribution in [-0.4, -0.2) is 0 Å². The standard InChI is InChI=1S/C47H32/c1-47(2)41-21-10-9-15-34(41)35-27-26-32(28-42(35)47)29-22-24-31(25-23-29)43-37-16-5-7-18-39(37)46-44(38-17-6-8-19-40(38)45(43)46)36-20-11-13-30-12-3-4-14-33(30)36/h3-28H,1-2H3. The van der Waals surface area contributed by atoms with Crippen molar-refractivity contribution in [3.8, 4) is 22.3 Å². The summed E-state index contributed by atoms with van der Waals surface area (Å²) >= 11 is 0. The molecule has 0 unspecified atom stereocenters. The zero-order valence-corrected chi connectivity index (χ0v) is 26.5. The Morgan fingerprint density at radius 3 is 1.55 bits per heavy atom. The van der Waals surface area contributed by atoms with Crippen LogP contribution in [0.3, 0.4) is 0 Å². The summed E-state index contributed by atoms with van der Waals surface area (Å²) in [5.41, 5.74) is 21.3. The molecule has 0 radical (unpaired) electrons. The molecule has 0 nitrogen and oxygen atoms in total. The molecule has 0 spiro atoms. The first-order valence-electron chi connectivity index (χ1n) is 16.6. The second-order valence-electron chi connectivity index (χ2n) is 13.6. The van der Waals surface area contributed by atoms with Gasteiger partial charge in [0.15, 0.2) is 0 Å². The fraction of sp³-hybridized carbons (Fsp3) is 0.0638. The molecule has 0 aromatic heterocycles. The monoisotopic (exact) mass is 596 g/mol. The van der Waals surface area contributed by atoms with Gasteiger partial charge in [-0.05, 0) is 106 Å². The van der Waals surface area contributed by atoms with Gasteiger partial charge in [0.05, 0.1) is 0 Å². The molecule has 0 saturated heterocycles. The van der Waals surface area contributed by atoms with Crippen LogP contribution in [0.5, 0.6) is 0 Å². The highest BCUT2D eigenvalue weighted by Gasteiger charge is 2.38. The molecule has 0 aliphatic heterocycles. The van der Waals surface area contributed by atoms with Gasteiger partial charge in [0, 0.05) is 5.41 Å². The van der Waals surface area contributed by atoms with E-state index in [-0.39, 0.29) is 5.41 Å². The van der Waals surface area contributed by atoms with E-state index in [1.54, 1.807) is 0 Å². The van der Waals surface area contributed by atoms with Crippen molar-refractivity contribution in [3.05, 3.63) is 202 Å². The van der Waals surface area contributed by atoms with Crippen LogP contribution in [0, 0.1) is 0 Å². The van der Waals surface area contributed by atoms with Crippen molar-refractivity contribution in [2.45, 2.75) is 19.3 Å². The molecule has 220 valence electrons. The summed E-state index contributed by atoms with van der Waals surface area (Å²) in [4.78, 5) is 0. The molecule has 10 rings (SSSR count). The van der Waals surface area contributed by atoms with Gasteiger partial charge in [-0.3, -0.25) is 0 Å². The molecule has 0 bridgehead atoms. The van der Waals surface area contributed by atoms with Crippen LogP contribution >= 0.6 is 0 Å². The third kappa shape index (κ3) is 3.64. The van der Waals surface area contributed by atoms with Gasteiger partial charge in [0.2, 0.25) is 0 Å². The fourth-order valence-electron chi connectivity index (χ4n) is 8.63. The quantitative estimate of drug-likeness (QED) is 0.190. The highest BCUT2D eigenvalue weighted by molar-refractivity contribution is 6.36. The van der Waals surface area contributed by atoms with E-state index in [4.69, 9.17) is 0 Å². The van der Waals surface area contributed by atoms with Crippen LogP contribution in [0.15, 0.2) is 158 Å². The van der Waals surface area contributed by atoms with E-state index >= 15 is 0 Å². The van der Waals surface area contributed by atoms with Crippen LogP contribution in [0.4, 0.5) is 0 Å². The van der Waals surface area contributed by atoms with Crippen molar-refractivity contribution < 1.29 is 0 Å². The largest absolute Gasteiger partial charge is 0.0619 e. The topological polar surface area (TPSA) is 0 Å². The predicted octanol–water partition coefficient (Wildman–Crippen LogP) is 12.1. The molecular formula is C47H32. The Balaban J connectivity index is 1.15. The van der Waals surface area contributed by atoms with Gasteiger partial charge in [-0.15, -0.1) is 0 Å². The minimum atomic E-state index is -0.0116. The highest BCUT2D eigenvalue weighted by atomic mass is 14.4. The van der Waals surface area contributed by atoms with E-state index in [1.165, 1.54) is 99.8 Å². The second kappa shape index (κ2) is 9.64. The van der Waals surface area contributed by atoms with E-state index in [1.807, 2.05) is 0 Å². The van der Waals surface area contributed by atoms with Crippen LogP contribution in [0.1, 0.15) is 58.4 Å². The van der Waals surface area contributed by atoms with E-state index in [0.29, 0.717) is 0 Å². The van der Waals surface area contributed by atoms with E-state index in [2.05, 4.69) is 172 Å². The van der Waals surface area contributed by atoms with Crippen LogP contribution in [-0.2, 0) is 5.41 Å². The lowest BCUT2D eigenvalue weighted by molar-refractivity contribution is 0.660. The third-order valence-corrected chi connectivity index (χ3v) is 10.8. The summed E-state index contributed by atoms with van der Waals surface area (Å²) in [6.07, 6.45) is 0. The van der Waals surface area contributed by atoms with Gasteiger partial charge >= 0.3 is 0 Å². The maximum atomic E-state index is 2.42. The Bertz CT molecular complexity index is 2510. The first kappa shape index (κ1) is 26.5. The van der Waals surface area contributed by atoms with Crippen LogP contribution < -0.4 is 0 Å². The van der Waals surface area contributed by atoms with Crippen molar-refractivity contribution in [2.24, 2.45) is 0 Å². The molecule has 0 amide bonds. The Kier molecular flexibility index (Phi) is 5.44. The lowest BCUT2D eigenvalue weighted by Gasteiger charge is -2.22. The fourth-order valence-corrected chi connectivity index (χ4v) is 8.63. The molecule has 7 aromatic carbocycles. The minimum Gasteiger partial charge on any atom is -0.0619 e. The van der Waals surface area contributed by atoms with Crippen molar-refractivity contribution >= 4 is 33.1 Å². The summed E-state index contributed by atoms with van der Waals surface area (Å²) in [5.74, 6) is 0. The van der Waals surface area contributed by atoms with Crippen molar-refractivity contribution in [1.29, 1.82) is 0 Å². The van der Waals surface area contributed by atoms with Gasteiger partial charge in [-0.2, -0.15) is 0 Å². The predicted molar refractivity (Wildman–Crippen MR) is 198 cm³/mol. The molecule has 0 saturated carbocycles. The first-order chi connectivity index (χ1) is 23.1. The van der Waals surface area contributed by atoms with Crippen molar-refractivity contribution in [3.63, 3.8) is 0 Å². The Morgan fingerprint density at radius 2 is 0.809 bits per heavy atom. The number of hydrogen-bond donors (Lipinski definition) is 0. The summed E-state index contributed by atoms with van der Waals surface area (Å²) in [7, 11) is 0. The zero-order chi connectivity index (χ0) is 31.3. The normalized spacial score (nSPS) is 15.0. The smallest absolute Gasteiger partial charge is 0.0159 e. The van der Waals surface area contributed by atoms with Gasteiger partial charge in [-0.1, -0.05) is 166 Å². The summed E-state index contributed by atoms with van der Waals surface area (Å²) in [5, 5.41) is 2.57. The van der Waals surface area contributed by atoms with E-state index in [0.717, 1.165) is 0 Å². The van der Waals surface area contributed by atoms with Crippen LogP contribution in [0.2, 0.25) is 0 Å². The van der Waals surface area contributed by atoms with Crippen LogP contribution in [0.25, 0.3) is 55.3 Å². The Hall–Kier alpha value is -5.72. The number of rotatable bonds is 3. The average Bonchev–Trinajstić information content (AvgIpc) is 3.71. The second-order valence-corrected chi connectivity index (χ2v) is 13.6.